The third kappa shape index (κ3) is 3.12. The van der Waals surface area contributed by atoms with Crippen LogP contribution in [0.2, 0.25) is 0 Å². The van der Waals surface area contributed by atoms with Crippen LogP contribution < -0.4 is 0 Å². The average molecular weight is 304 g/mol. The molecule has 4 nitrogen and oxygen atoms in total. The second-order valence-corrected chi connectivity index (χ2v) is 5.50. The molecule has 0 saturated carbocycles. The Morgan fingerprint density at radius 3 is 2.86 bits per heavy atom. The van der Waals surface area contributed by atoms with Crippen molar-refractivity contribution in [1.82, 2.24) is 9.47 Å². The number of rotatable bonds is 5. The number of alkyl halides is 1. The first kappa shape index (κ1) is 14.2. The van der Waals surface area contributed by atoms with E-state index in [1.807, 2.05) is 47.0 Å². The minimum absolute atomic E-state index is 0.164. The highest BCUT2D eigenvalue weighted by atomic mass is 35.5. The SMILES string of the molecule is CN1C=Nc2c(ccn2COCCc2ccccc2)C1Cl. The van der Waals surface area contributed by atoms with E-state index < -0.39 is 0 Å². The van der Waals surface area contributed by atoms with Gasteiger partial charge in [0.1, 0.15) is 18.0 Å². The van der Waals surface area contributed by atoms with Gasteiger partial charge in [-0.05, 0) is 18.1 Å². The molecular weight excluding hydrogens is 286 g/mol. The molecule has 1 aromatic carbocycles. The minimum Gasteiger partial charge on any atom is -0.360 e. The summed E-state index contributed by atoms with van der Waals surface area (Å²) in [5.74, 6) is 0.882. The monoisotopic (exact) mass is 303 g/mol. The van der Waals surface area contributed by atoms with Crippen LogP contribution in [0.15, 0.2) is 47.6 Å². The van der Waals surface area contributed by atoms with Crippen LogP contribution in [0.5, 0.6) is 0 Å². The lowest BCUT2D eigenvalue weighted by Crippen LogP contribution is -2.21. The van der Waals surface area contributed by atoms with Crippen molar-refractivity contribution in [2.24, 2.45) is 4.99 Å². The first-order valence-electron chi connectivity index (χ1n) is 6.96. The largest absolute Gasteiger partial charge is 0.360 e. The van der Waals surface area contributed by atoms with Crippen molar-refractivity contribution in [3.63, 3.8) is 0 Å². The smallest absolute Gasteiger partial charge is 0.142 e. The van der Waals surface area contributed by atoms with Gasteiger partial charge >= 0.3 is 0 Å². The molecule has 21 heavy (non-hydrogen) atoms. The highest BCUT2D eigenvalue weighted by Crippen LogP contribution is 2.35. The molecule has 5 heteroatoms. The number of nitrogens with zero attached hydrogens (tertiary/aromatic N) is 3. The molecule has 0 N–H and O–H groups in total. The van der Waals surface area contributed by atoms with E-state index in [0.717, 1.165) is 17.8 Å². The number of ether oxygens (including phenoxy) is 1. The van der Waals surface area contributed by atoms with Gasteiger partial charge in [-0.3, -0.25) is 0 Å². The predicted octanol–water partition coefficient (Wildman–Crippen LogP) is 3.55. The Bertz CT molecular complexity index is 624. The van der Waals surface area contributed by atoms with E-state index in [1.165, 1.54) is 5.56 Å². The molecule has 0 fully saturated rings. The Kier molecular flexibility index (Phi) is 4.27. The van der Waals surface area contributed by atoms with Crippen molar-refractivity contribution in [2.45, 2.75) is 18.7 Å². The van der Waals surface area contributed by atoms with Gasteiger partial charge in [-0.25, -0.2) is 4.99 Å². The van der Waals surface area contributed by atoms with Crippen molar-refractivity contribution in [3.05, 3.63) is 53.7 Å². The van der Waals surface area contributed by atoms with Gasteiger partial charge in [0.2, 0.25) is 0 Å². The molecular formula is C16H18ClN3O. The van der Waals surface area contributed by atoms with Crippen molar-refractivity contribution >= 4 is 23.8 Å². The molecule has 3 rings (SSSR count). The maximum atomic E-state index is 6.33. The molecule has 1 aliphatic rings. The van der Waals surface area contributed by atoms with Crippen LogP contribution in [0.1, 0.15) is 16.6 Å². The lowest BCUT2D eigenvalue weighted by atomic mass is 10.2. The third-order valence-corrected chi connectivity index (χ3v) is 4.09. The van der Waals surface area contributed by atoms with Crippen molar-refractivity contribution in [2.75, 3.05) is 13.7 Å². The molecule has 1 aromatic heterocycles. The van der Waals surface area contributed by atoms with Crippen molar-refractivity contribution in [1.29, 1.82) is 0 Å². The first-order valence-corrected chi connectivity index (χ1v) is 7.40. The summed E-state index contributed by atoms with van der Waals surface area (Å²) in [5.41, 5.74) is 2.14. The van der Waals surface area contributed by atoms with Gasteiger partial charge in [-0.2, -0.15) is 0 Å². The number of aliphatic imine (C=N–C) groups is 1. The zero-order valence-electron chi connectivity index (χ0n) is 11.9. The highest BCUT2D eigenvalue weighted by molar-refractivity contribution is 6.21. The molecule has 0 saturated heterocycles. The van der Waals surface area contributed by atoms with Crippen LogP contribution >= 0.6 is 11.6 Å². The standard InChI is InChI=1S/C16H18ClN3O/c1-19-11-18-16-14(15(19)17)7-9-20(16)12-21-10-8-13-5-3-2-4-6-13/h2-7,9,11,15H,8,10,12H2,1H3. The maximum Gasteiger partial charge on any atom is 0.142 e. The number of hydrogen-bond acceptors (Lipinski definition) is 3. The third-order valence-electron chi connectivity index (χ3n) is 3.55. The summed E-state index contributed by atoms with van der Waals surface area (Å²) in [6.07, 6.45) is 4.63. The summed E-state index contributed by atoms with van der Waals surface area (Å²) < 4.78 is 7.73. The van der Waals surface area contributed by atoms with Gasteiger partial charge in [0.15, 0.2) is 0 Å². The number of fused-ring (bicyclic) bond motifs is 1. The number of halogens is 1. The number of benzene rings is 1. The average Bonchev–Trinajstić information content (AvgIpc) is 2.92. The van der Waals surface area contributed by atoms with Crippen LogP contribution in [0, 0.1) is 0 Å². The van der Waals surface area contributed by atoms with E-state index in [-0.39, 0.29) is 5.50 Å². The van der Waals surface area contributed by atoms with Crippen LogP contribution in [0.3, 0.4) is 0 Å². The predicted molar refractivity (Wildman–Crippen MR) is 85.0 cm³/mol. The van der Waals surface area contributed by atoms with E-state index in [2.05, 4.69) is 17.1 Å². The van der Waals surface area contributed by atoms with E-state index >= 15 is 0 Å². The molecule has 0 spiro atoms. The fraction of sp³-hybridized carbons (Fsp3) is 0.312. The van der Waals surface area contributed by atoms with E-state index in [0.29, 0.717) is 13.3 Å². The Morgan fingerprint density at radius 2 is 2.05 bits per heavy atom. The number of aromatic nitrogens is 1. The molecule has 2 heterocycles. The molecule has 0 aliphatic carbocycles. The fourth-order valence-corrected chi connectivity index (χ4v) is 2.56. The zero-order valence-corrected chi connectivity index (χ0v) is 12.7. The second kappa shape index (κ2) is 6.33. The Labute approximate surface area is 129 Å². The van der Waals surface area contributed by atoms with Crippen LogP contribution in [-0.4, -0.2) is 29.5 Å². The molecule has 1 aliphatic heterocycles. The van der Waals surface area contributed by atoms with Gasteiger partial charge in [0.25, 0.3) is 0 Å². The van der Waals surface area contributed by atoms with E-state index in [9.17, 15) is 0 Å². The van der Waals surface area contributed by atoms with Crippen LogP contribution in [0.4, 0.5) is 5.82 Å². The Morgan fingerprint density at radius 1 is 1.24 bits per heavy atom. The highest BCUT2D eigenvalue weighted by Gasteiger charge is 2.22. The summed E-state index contributed by atoms with van der Waals surface area (Å²) in [4.78, 5) is 6.30. The summed E-state index contributed by atoms with van der Waals surface area (Å²) in [7, 11) is 1.91. The van der Waals surface area contributed by atoms with Gasteiger partial charge in [0.05, 0.1) is 12.9 Å². The minimum atomic E-state index is -0.164. The summed E-state index contributed by atoms with van der Waals surface area (Å²) in [6.45, 7) is 1.18. The van der Waals surface area contributed by atoms with Gasteiger partial charge in [-0.1, -0.05) is 41.9 Å². The first-order chi connectivity index (χ1) is 10.3. The van der Waals surface area contributed by atoms with E-state index in [1.54, 1.807) is 6.34 Å². The topological polar surface area (TPSA) is 29.8 Å². The van der Waals surface area contributed by atoms with Crippen LogP contribution in [0.25, 0.3) is 0 Å². The Hall–Kier alpha value is -1.78. The molecule has 0 radical (unpaired) electrons. The normalized spacial score (nSPS) is 17.0. The molecule has 2 aromatic rings. The summed E-state index contributed by atoms with van der Waals surface area (Å²) >= 11 is 6.33. The lowest BCUT2D eigenvalue weighted by molar-refractivity contribution is 0.0806. The van der Waals surface area contributed by atoms with Crippen LogP contribution in [-0.2, 0) is 17.9 Å². The lowest BCUT2D eigenvalue weighted by Gasteiger charge is -2.24. The molecule has 0 bridgehead atoms. The zero-order chi connectivity index (χ0) is 14.7. The fourth-order valence-electron chi connectivity index (χ4n) is 2.34. The summed E-state index contributed by atoms with van der Waals surface area (Å²) in [5, 5.41) is 0. The van der Waals surface area contributed by atoms with E-state index in [4.69, 9.17) is 16.3 Å². The molecule has 0 amide bonds. The Balaban J connectivity index is 1.56. The molecule has 1 unspecified atom stereocenters. The molecule has 110 valence electrons. The van der Waals surface area contributed by atoms with Gasteiger partial charge in [-0.15, -0.1) is 0 Å². The van der Waals surface area contributed by atoms with Gasteiger partial charge in [0, 0.05) is 18.8 Å². The van der Waals surface area contributed by atoms with Crippen molar-refractivity contribution in [3.8, 4) is 0 Å². The second-order valence-electron chi connectivity index (χ2n) is 5.08. The maximum absolute atomic E-state index is 6.33. The van der Waals surface area contributed by atoms with Crippen molar-refractivity contribution < 1.29 is 4.74 Å². The number of hydrogen-bond donors (Lipinski definition) is 0. The van der Waals surface area contributed by atoms with Gasteiger partial charge < -0.3 is 14.2 Å². The quantitative estimate of drug-likeness (QED) is 0.480. The molecule has 1 atom stereocenters. The summed E-state index contributed by atoms with van der Waals surface area (Å²) in [6, 6.07) is 12.3.